The van der Waals surface area contributed by atoms with Crippen molar-refractivity contribution < 1.29 is 9.13 Å². The van der Waals surface area contributed by atoms with E-state index in [9.17, 15) is 9.18 Å². The minimum absolute atomic E-state index is 0.0935. The van der Waals surface area contributed by atoms with Gasteiger partial charge in [-0.05, 0) is 80.6 Å². The quantitative estimate of drug-likeness (QED) is 0.337. The number of halogens is 1. The van der Waals surface area contributed by atoms with Crippen molar-refractivity contribution in [2.24, 2.45) is 0 Å². The summed E-state index contributed by atoms with van der Waals surface area (Å²) >= 11 is 0. The van der Waals surface area contributed by atoms with Gasteiger partial charge < -0.3 is 15.0 Å². The van der Waals surface area contributed by atoms with Gasteiger partial charge in [0, 0.05) is 36.9 Å². The van der Waals surface area contributed by atoms with Gasteiger partial charge >= 0.3 is 0 Å². The number of nitrogens with zero attached hydrogens (tertiary/aromatic N) is 3. The third-order valence-corrected chi connectivity index (χ3v) is 6.68. The van der Waals surface area contributed by atoms with Gasteiger partial charge in [-0.3, -0.25) is 9.36 Å². The molecule has 4 rings (SSSR count). The van der Waals surface area contributed by atoms with Gasteiger partial charge in [-0.2, -0.15) is 0 Å². The summed E-state index contributed by atoms with van der Waals surface area (Å²) in [4.78, 5) is 20.4. The zero-order chi connectivity index (χ0) is 25.5. The zero-order valence-corrected chi connectivity index (χ0v) is 21.5. The molecule has 1 aliphatic carbocycles. The van der Waals surface area contributed by atoms with E-state index >= 15 is 0 Å². The van der Waals surface area contributed by atoms with Crippen molar-refractivity contribution in [1.29, 1.82) is 0 Å². The predicted molar refractivity (Wildman–Crippen MR) is 143 cm³/mol. The highest BCUT2D eigenvalue weighted by molar-refractivity contribution is 5.43. The Morgan fingerprint density at radius 2 is 1.78 bits per heavy atom. The largest absolute Gasteiger partial charge is 0.497 e. The van der Waals surface area contributed by atoms with Gasteiger partial charge in [-0.15, -0.1) is 0 Å². The molecular weight excluding hydrogens is 455 g/mol. The first-order valence-corrected chi connectivity index (χ1v) is 13.0. The molecule has 2 atom stereocenters. The van der Waals surface area contributed by atoms with Crippen LogP contribution in [0, 0.1) is 5.82 Å². The molecule has 192 valence electrons. The number of hydrogen-bond donors (Lipinski definition) is 1. The van der Waals surface area contributed by atoms with Crippen molar-refractivity contribution in [3.05, 3.63) is 82.2 Å². The lowest BCUT2D eigenvalue weighted by atomic mass is 10.1. The van der Waals surface area contributed by atoms with Crippen LogP contribution in [0.5, 0.6) is 5.75 Å². The van der Waals surface area contributed by atoms with E-state index in [1.165, 1.54) is 17.7 Å². The maximum absolute atomic E-state index is 13.5. The lowest BCUT2D eigenvalue weighted by molar-refractivity contribution is 0.414. The van der Waals surface area contributed by atoms with E-state index in [1.807, 2.05) is 42.6 Å². The second-order valence-corrected chi connectivity index (χ2v) is 9.47. The summed E-state index contributed by atoms with van der Waals surface area (Å²) in [6.45, 7) is 6.72. The summed E-state index contributed by atoms with van der Waals surface area (Å²) in [5.41, 5.74) is 2.81. The SMILES string of the molecule is CCCN(CCC)c1nc(CCCN[C@@H]2C[C@H]2c2ccc(F)cc2)cn(-c2ccc(OC)cc2)c1=O. The molecule has 0 radical (unpaired) electrons. The fourth-order valence-electron chi connectivity index (χ4n) is 4.71. The Morgan fingerprint density at radius 3 is 2.42 bits per heavy atom. The van der Waals surface area contributed by atoms with Crippen molar-refractivity contribution in [2.45, 2.75) is 57.9 Å². The summed E-state index contributed by atoms with van der Waals surface area (Å²) in [6.07, 6.45) is 6.56. The molecule has 1 N–H and O–H groups in total. The molecule has 0 amide bonds. The van der Waals surface area contributed by atoms with Crippen LogP contribution in [0.1, 0.15) is 56.7 Å². The van der Waals surface area contributed by atoms with Gasteiger partial charge in [-0.1, -0.05) is 26.0 Å². The monoisotopic (exact) mass is 492 g/mol. The molecule has 0 bridgehead atoms. The Kier molecular flexibility index (Phi) is 8.75. The van der Waals surface area contributed by atoms with Crippen LogP contribution in [0.3, 0.4) is 0 Å². The number of nitrogens with one attached hydrogen (secondary N) is 1. The molecule has 1 aliphatic rings. The van der Waals surface area contributed by atoms with Crippen LogP contribution in [0.25, 0.3) is 5.69 Å². The van der Waals surface area contributed by atoms with E-state index in [0.29, 0.717) is 17.8 Å². The molecule has 3 aromatic rings. The lowest BCUT2D eigenvalue weighted by Crippen LogP contribution is -2.35. The average molecular weight is 493 g/mol. The topological polar surface area (TPSA) is 59.4 Å². The highest BCUT2D eigenvalue weighted by Crippen LogP contribution is 2.40. The Labute approximate surface area is 213 Å². The predicted octanol–water partition coefficient (Wildman–Crippen LogP) is 5.08. The van der Waals surface area contributed by atoms with Gasteiger partial charge in [-0.25, -0.2) is 9.37 Å². The average Bonchev–Trinajstić information content (AvgIpc) is 3.67. The normalized spacial score (nSPS) is 16.7. The smallest absolute Gasteiger partial charge is 0.298 e. The molecule has 1 heterocycles. The summed E-state index contributed by atoms with van der Waals surface area (Å²) < 4.78 is 20.2. The van der Waals surface area contributed by atoms with E-state index in [2.05, 4.69) is 24.1 Å². The third kappa shape index (κ3) is 6.32. The summed E-state index contributed by atoms with van der Waals surface area (Å²) in [5, 5.41) is 3.62. The van der Waals surface area contributed by atoms with Crippen molar-refractivity contribution in [3.63, 3.8) is 0 Å². The first-order valence-electron chi connectivity index (χ1n) is 13.0. The van der Waals surface area contributed by atoms with E-state index < -0.39 is 0 Å². The zero-order valence-electron chi connectivity index (χ0n) is 21.5. The Bertz CT molecular complexity index is 1170. The standard InChI is InChI=1S/C29H37FN4O2/c1-4-17-33(18-5-2)28-29(35)34(24-12-14-25(36-3)15-13-24)20-23(32-28)7-6-16-31-27-19-26(27)21-8-10-22(30)11-9-21/h8-15,20,26-27,31H,4-7,16-19H2,1-3H3/t26-,27+/m0/s1. The number of aromatic nitrogens is 2. The molecule has 7 heteroatoms. The maximum atomic E-state index is 13.5. The number of hydrogen-bond acceptors (Lipinski definition) is 5. The Morgan fingerprint density at radius 1 is 1.08 bits per heavy atom. The van der Waals surface area contributed by atoms with Gasteiger partial charge in [0.25, 0.3) is 5.56 Å². The summed E-state index contributed by atoms with van der Waals surface area (Å²) in [5.74, 6) is 1.55. The lowest BCUT2D eigenvalue weighted by Gasteiger charge is -2.23. The minimum atomic E-state index is -0.191. The van der Waals surface area contributed by atoms with E-state index in [-0.39, 0.29) is 11.4 Å². The highest BCUT2D eigenvalue weighted by Gasteiger charge is 2.37. The van der Waals surface area contributed by atoms with Gasteiger partial charge in [0.1, 0.15) is 11.6 Å². The minimum Gasteiger partial charge on any atom is -0.497 e. The molecule has 0 spiro atoms. The van der Waals surface area contributed by atoms with Gasteiger partial charge in [0.05, 0.1) is 12.8 Å². The van der Waals surface area contributed by atoms with Crippen LogP contribution in [0.2, 0.25) is 0 Å². The van der Waals surface area contributed by atoms with E-state index in [1.54, 1.807) is 11.7 Å². The fraction of sp³-hybridized carbons (Fsp3) is 0.448. The molecule has 36 heavy (non-hydrogen) atoms. The van der Waals surface area contributed by atoms with Crippen LogP contribution in [-0.2, 0) is 6.42 Å². The molecule has 0 saturated heterocycles. The number of methoxy groups -OCH3 is 1. The van der Waals surface area contributed by atoms with Crippen LogP contribution in [0.15, 0.2) is 59.5 Å². The summed E-state index contributed by atoms with van der Waals surface area (Å²) in [7, 11) is 1.63. The van der Waals surface area contributed by atoms with Crippen molar-refractivity contribution in [2.75, 3.05) is 31.6 Å². The number of ether oxygens (including phenoxy) is 1. The van der Waals surface area contributed by atoms with E-state index in [0.717, 1.165) is 68.9 Å². The second-order valence-electron chi connectivity index (χ2n) is 9.47. The third-order valence-electron chi connectivity index (χ3n) is 6.68. The van der Waals surface area contributed by atoms with E-state index in [4.69, 9.17) is 9.72 Å². The fourth-order valence-corrected chi connectivity index (χ4v) is 4.71. The maximum Gasteiger partial charge on any atom is 0.298 e. The molecule has 2 aromatic carbocycles. The molecule has 0 unspecified atom stereocenters. The van der Waals surface area contributed by atoms with Crippen molar-refractivity contribution in [1.82, 2.24) is 14.9 Å². The first-order chi connectivity index (χ1) is 17.5. The first kappa shape index (κ1) is 25.9. The van der Waals surface area contributed by atoms with Crippen LogP contribution in [-0.4, -0.2) is 42.3 Å². The number of anilines is 1. The molecule has 0 aliphatic heterocycles. The number of benzene rings is 2. The van der Waals surface area contributed by atoms with Crippen LogP contribution < -0.4 is 20.5 Å². The van der Waals surface area contributed by atoms with Crippen molar-refractivity contribution >= 4 is 5.82 Å². The van der Waals surface area contributed by atoms with Crippen LogP contribution in [0.4, 0.5) is 10.2 Å². The van der Waals surface area contributed by atoms with Gasteiger partial charge in [0.15, 0.2) is 5.82 Å². The Balaban J connectivity index is 1.46. The number of rotatable bonds is 13. The molecule has 1 aromatic heterocycles. The number of aryl methyl sites for hydroxylation is 1. The van der Waals surface area contributed by atoms with Gasteiger partial charge in [0.2, 0.25) is 0 Å². The summed E-state index contributed by atoms with van der Waals surface area (Å²) in [6, 6.07) is 14.8. The molecule has 6 nitrogen and oxygen atoms in total. The highest BCUT2D eigenvalue weighted by atomic mass is 19.1. The molecular formula is C29H37FN4O2. The van der Waals surface area contributed by atoms with Crippen molar-refractivity contribution in [3.8, 4) is 11.4 Å². The second kappa shape index (κ2) is 12.2. The Hall–Kier alpha value is -3.19. The molecule has 1 saturated carbocycles. The van der Waals surface area contributed by atoms with Crippen LogP contribution >= 0.6 is 0 Å². The molecule has 1 fully saturated rings.